The summed E-state index contributed by atoms with van der Waals surface area (Å²) >= 11 is 1.51. The van der Waals surface area contributed by atoms with E-state index in [1.165, 1.54) is 16.2 Å². The molecule has 1 aliphatic carbocycles. The summed E-state index contributed by atoms with van der Waals surface area (Å²) in [5.74, 6) is -0.389. The predicted molar refractivity (Wildman–Crippen MR) is 125 cm³/mol. The van der Waals surface area contributed by atoms with Crippen molar-refractivity contribution in [3.05, 3.63) is 82.2 Å². The van der Waals surface area contributed by atoms with Gasteiger partial charge in [0.05, 0.1) is 22.3 Å². The lowest BCUT2D eigenvalue weighted by Gasteiger charge is -2.11. The summed E-state index contributed by atoms with van der Waals surface area (Å²) in [6, 6.07) is 19.3. The van der Waals surface area contributed by atoms with Crippen LogP contribution in [0.25, 0.3) is 22.2 Å². The van der Waals surface area contributed by atoms with E-state index in [4.69, 9.17) is 4.98 Å². The molecular weight excluding hydrogens is 406 g/mol. The maximum atomic E-state index is 13.4. The number of pyridine rings is 1. The minimum absolute atomic E-state index is 0.153. The molecule has 2 heterocycles. The topological polar surface area (TPSA) is 71.1 Å². The van der Waals surface area contributed by atoms with Crippen LogP contribution >= 0.6 is 11.3 Å². The molecule has 2 aromatic carbocycles. The number of hydrogen-bond donors (Lipinski definition) is 2. The van der Waals surface area contributed by atoms with Crippen molar-refractivity contribution in [2.75, 3.05) is 12.4 Å². The van der Waals surface area contributed by atoms with Crippen LogP contribution in [0.5, 0.6) is 0 Å². The third-order valence-electron chi connectivity index (χ3n) is 5.63. The van der Waals surface area contributed by atoms with Crippen molar-refractivity contribution < 1.29 is 9.59 Å². The summed E-state index contributed by atoms with van der Waals surface area (Å²) in [7, 11) is 1.62. The fourth-order valence-corrected chi connectivity index (χ4v) is 5.43. The van der Waals surface area contributed by atoms with E-state index < -0.39 is 0 Å². The Bertz CT molecular complexity index is 1310. The smallest absolute Gasteiger partial charge is 0.257 e. The summed E-state index contributed by atoms with van der Waals surface area (Å²) in [6.07, 6.45) is 2.88. The SMILES string of the molecule is CNC(=O)c1c(NC(=O)c2cc(-c3ccccc3)nc3ccccc23)sc2c1CCC2. The molecule has 0 aliphatic heterocycles. The minimum atomic E-state index is -0.235. The van der Waals surface area contributed by atoms with Gasteiger partial charge < -0.3 is 10.6 Å². The van der Waals surface area contributed by atoms with Gasteiger partial charge in [0.1, 0.15) is 5.00 Å². The van der Waals surface area contributed by atoms with E-state index in [1.54, 1.807) is 7.05 Å². The number of anilines is 1. The zero-order valence-corrected chi connectivity index (χ0v) is 17.9. The average molecular weight is 428 g/mol. The molecule has 0 fully saturated rings. The van der Waals surface area contributed by atoms with Crippen molar-refractivity contribution in [1.82, 2.24) is 10.3 Å². The number of thiophene rings is 1. The van der Waals surface area contributed by atoms with Crippen molar-refractivity contribution in [1.29, 1.82) is 0 Å². The molecule has 0 unspecified atom stereocenters. The molecule has 31 heavy (non-hydrogen) atoms. The Kier molecular flexibility index (Phi) is 5.00. The van der Waals surface area contributed by atoms with Crippen LogP contribution in [0.2, 0.25) is 0 Å². The molecule has 154 valence electrons. The van der Waals surface area contributed by atoms with E-state index in [9.17, 15) is 9.59 Å². The van der Waals surface area contributed by atoms with Crippen LogP contribution < -0.4 is 10.6 Å². The van der Waals surface area contributed by atoms with E-state index in [1.807, 2.05) is 60.7 Å². The third kappa shape index (κ3) is 3.49. The Morgan fingerprint density at radius 2 is 1.74 bits per heavy atom. The Labute approximate surface area is 184 Å². The lowest BCUT2D eigenvalue weighted by molar-refractivity contribution is 0.0963. The minimum Gasteiger partial charge on any atom is -0.355 e. The number of amides is 2. The summed E-state index contributed by atoms with van der Waals surface area (Å²) in [6.45, 7) is 0. The van der Waals surface area contributed by atoms with E-state index in [0.717, 1.165) is 47.0 Å². The van der Waals surface area contributed by atoms with E-state index in [-0.39, 0.29) is 11.8 Å². The summed E-state index contributed by atoms with van der Waals surface area (Å²) < 4.78 is 0. The number of benzene rings is 2. The molecule has 0 spiro atoms. The van der Waals surface area contributed by atoms with Crippen molar-refractivity contribution >= 4 is 39.1 Å². The molecule has 0 saturated heterocycles. The second-order valence-corrected chi connectivity index (χ2v) is 8.64. The highest BCUT2D eigenvalue weighted by Gasteiger charge is 2.27. The van der Waals surface area contributed by atoms with Crippen molar-refractivity contribution in [2.24, 2.45) is 0 Å². The molecule has 0 bridgehead atoms. The van der Waals surface area contributed by atoms with Gasteiger partial charge in [-0.2, -0.15) is 0 Å². The van der Waals surface area contributed by atoms with Gasteiger partial charge in [-0.15, -0.1) is 11.3 Å². The number of aromatic nitrogens is 1. The molecule has 0 atom stereocenters. The van der Waals surface area contributed by atoms with Crippen LogP contribution in [0.3, 0.4) is 0 Å². The second kappa shape index (κ2) is 7.96. The lowest BCUT2D eigenvalue weighted by atomic mass is 10.0. The zero-order valence-electron chi connectivity index (χ0n) is 17.1. The maximum absolute atomic E-state index is 13.4. The highest BCUT2D eigenvalue weighted by atomic mass is 32.1. The molecule has 2 aromatic heterocycles. The van der Waals surface area contributed by atoms with Crippen LogP contribution in [0.4, 0.5) is 5.00 Å². The standard InChI is InChI=1S/C25H21N3O2S/c1-26-24(30)22-17-11-7-13-21(17)31-25(22)28-23(29)18-14-20(15-8-3-2-4-9-15)27-19-12-6-5-10-16(18)19/h2-6,8-10,12,14H,7,11,13H2,1H3,(H,26,30)(H,28,29). The van der Waals surface area contributed by atoms with Gasteiger partial charge >= 0.3 is 0 Å². The van der Waals surface area contributed by atoms with Crippen LogP contribution in [-0.4, -0.2) is 23.8 Å². The lowest BCUT2D eigenvalue weighted by Crippen LogP contribution is -2.21. The number of carbonyl (C=O) groups is 2. The first-order valence-corrected chi connectivity index (χ1v) is 11.1. The van der Waals surface area contributed by atoms with Gasteiger partial charge in [-0.25, -0.2) is 4.98 Å². The fourth-order valence-electron chi connectivity index (χ4n) is 4.15. The number of hydrogen-bond acceptors (Lipinski definition) is 4. The molecule has 2 N–H and O–H groups in total. The molecule has 1 aliphatic rings. The van der Waals surface area contributed by atoms with Crippen molar-refractivity contribution in [3.8, 4) is 11.3 Å². The van der Waals surface area contributed by atoms with Gasteiger partial charge in [0.2, 0.25) is 0 Å². The van der Waals surface area contributed by atoms with Crippen LogP contribution in [0.15, 0.2) is 60.7 Å². The number of carbonyl (C=O) groups excluding carboxylic acids is 2. The summed E-state index contributed by atoms with van der Waals surface area (Å²) in [4.78, 5) is 31.9. The molecule has 4 aromatic rings. The van der Waals surface area contributed by atoms with Crippen LogP contribution in [0.1, 0.15) is 37.6 Å². The molecule has 5 rings (SSSR count). The maximum Gasteiger partial charge on any atom is 0.257 e. The first kappa shape index (κ1) is 19.5. The molecule has 5 nitrogen and oxygen atoms in total. The quantitative estimate of drug-likeness (QED) is 0.478. The normalized spacial score (nSPS) is 12.5. The van der Waals surface area contributed by atoms with E-state index in [0.29, 0.717) is 16.1 Å². The van der Waals surface area contributed by atoms with Gasteiger partial charge in [-0.1, -0.05) is 48.5 Å². The van der Waals surface area contributed by atoms with Gasteiger partial charge in [-0.3, -0.25) is 9.59 Å². The number of aryl methyl sites for hydroxylation is 1. The molecular formula is C25H21N3O2S. The number of rotatable bonds is 4. The Balaban J connectivity index is 1.59. The second-order valence-electron chi connectivity index (χ2n) is 7.53. The predicted octanol–water partition coefficient (Wildman–Crippen LogP) is 5.06. The Morgan fingerprint density at radius 3 is 2.55 bits per heavy atom. The molecule has 0 saturated carbocycles. The number of nitrogens with one attached hydrogen (secondary N) is 2. The number of fused-ring (bicyclic) bond motifs is 2. The van der Waals surface area contributed by atoms with Crippen LogP contribution in [0, 0.1) is 0 Å². The zero-order chi connectivity index (χ0) is 21.4. The first-order valence-electron chi connectivity index (χ1n) is 10.3. The Morgan fingerprint density at radius 1 is 0.968 bits per heavy atom. The Hall–Kier alpha value is -3.51. The van der Waals surface area contributed by atoms with Gasteiger partial charge in [0.25, 0.3) is 11.8 Å². The van der Waals surface area contributed by atoms with Gasteiger partial charge in [0.15, 0.2) is 0 Å². The summed E-state index contributed by atoms with van der Waals surface area (Å²) in [5.41, 5.74) is 4.67. The van der Waals surface area contributed by atoms with Gasteiger partial charge in [0, 0.05) is 22.9 Å². The molecule has 6 heteroatoms. The van der Waals surface area contributed by atoms with E-state index >= 15 is 0 Å². The molecule has 0 radical (unpaired) electrons. The first-order chi connectivity index (χ1) is 15.2. The van der Waals surface area contributed by atoms with Gasteiger partial charge in [-0.05, 0) is 37.0 Å². The number of nitrogens with zero attached hydrogens (tertiary/aromatic N) is 1. The van der Waals surface area contributed by atoms with Crippen molar-refractivity contribution in [2.45, 2.75) is 19.3 Å². The largest absolute Gasteiger partial charge is 0.355 e. The third-order valence-corrected chi connectivity index (χ3v) is 6.84. The number of para-hydroxylation sites is 1. The highest BCUT2D eigenvalue weighted by Crippen LogP contribution is 2.39. The summed E-state index contributed by atoms with van der Waals surface area (Å²) in [5, 5.41) is 7.15. The fraction of sp³-hybridized carbons (Fsp3) is 0.160. The molecule has 2 amide bonds. The average Bonchev–Trinajstić information content (AvgIpc) is 3.39. The van der Waals surface area contributed by atoms with Crippen LogP contribution in [-0.2, 0) is 12.8 Å². The highest BCUT2D eigenvalue weighted by molar-refractivity contribution is 7.17. The van der Waals surface area contributed by atoms with Crippen molar-refractivity contribution in [3.63, 3.8) is 0 Å². The van der Waals surface area contributed by atoms with E-state index in [2.05, 4.69) is 10.6 Å². The monoisotopic (exact) mass is 427 g/mol.